The highest BCUT2D eigenvalue weighted by Crippen LogP contribution is 2.27. The molecule has 1 atom stereocenters. The third-order valence-electron chi connectivity index (χ3n) is 3.33. The molecule has 0 aromatic heterocycles. The van der Waals surface area contributed by atoms with Crippen LogP contribution in [0.2, 0.25) is 0 Å². The van der Waals surface area contributed by atoms with Gasteiger partial charge in [-0.25, -0.2) is 0 Å². The van der Waals surface area contributed by atoms with Gasteiger partial charge in [0.2, 0.25) is 5.91 Å². The fraction of sp³-hybridized carbons (Fsp3) is 0.923. The Hall–Kier alpha value is -0.570. The van der Waals surface area contributed by atoms with Gasteiger partial charge in [0.05, 0.1) is 6.61 Å². The summed E-state index contributed by atoms with van der Waals surface area (Å²) in [6, 6.07) is 0.129. The Morgan fingerprint density at radius 2 is 2.06 bits per heavy atom. The lowest BCUT2D eigenvalue weighted by molar-refractivity contribution is -0.122. The largest absolute Gasteiger partial charge is 0.383 e. The predicted molar refractivity (Wildman–Crippen MR) is 65.3 cm³/mol. The Morgan fingerprint density at radius 1 is 1.38 bits per heavy atom. The van der Waals surface area contributed by atoms with E-state index in [1.54, 1.807) is 7.11 Å². The smallest absolute Gasteiger partial charge is 0.220 e. The van der Waals surface area contributed by atoms with Crippen molar-refractivity contribution in [1.29, 1.82) is 0 Å². The maximum absolute atomic E-state index is 11.6. The second-order valence-electron chi connectivity index (χ2n) is 4.97. The molecule has 0 spiro atoms. The molecule has 1 unspecified atom stereocenters. The fourth-order valence-corrected chi connectivity index (χ4v) is 2.45. The fourth-order valence-electron chi connectivity index (χ4n) is 2.45. The number of nitrogens with one attached hydrogen (secondary N) is 1. The number of hydrogen-bond acceptors (Lipinski definition) is 2. The number of carbonyl (C=O) groups is 1. The van der Waals surface area contributed by atoms with Crippen molar-refractivity contribution in [3.63, 3.8) is 0 Å². The van der Waals surface area contributed by atoms with Crippen molar-refractivity contribution < 1.29 is 9.53 Å². The highest BCUT2D eigenvalue weighted by molar-refractivity contribution is 5.76. The number of amides is 1. The molecule has 1 N–H and O–H groups in total. The second kappa shape index (κ2) is 7.66. The predicted octanol–water partition coefficient (Wildman–Crippen LogP) is 2.50. The first-order valence-electron chi connectivity index (χ1n) is 6.50. The molecule has 3 heteroatoms. The molecular formula is C13H25NO2. The van der Waals surface area contributed by atoms with Crippen LogP contribution in [-0.2, 0) is 9.53 Å². The summed E-state index contributed by atoms with van der Waals surface area (Å²) in [5, 5.41) is 2.96. The summed E-state index contributed by atoms with van der Waals surface area (Å²) in [6.45, 7) is 2.57. The highest BCUT2D eigenvalue weighted by Gasteiger charge is 2.15. The number of ether oxygens (including phenoxy) is 1. The summed E-state index contributed by atoms with van der Waals surface area (Å²) in [4.78, 5) is 11.6. The quantitative estimate of drug-likeness (QED) is 0.757. The number of hydrogen-bond donors (Lipinski definition) is 1. The number of carbonyl (C=O) groups excluding carboxylic acids is 1. The van der Waals surface area contributed by atoms with Gasteiger partial charge in [-0.1, -0.05) is 32.1 Å². The van der Waals surface area contributed by atoms with E-state index in [1.807, 2.05) is 6.92 Å². The van der Waals surface area contributed by atoms with E-state index in [0.29, 0.717) is 13.0 Å². The van der Waals surface area contributed by atoms with Gasteiger partial charge in [-0.3, -0.25) is 4.79 Å². The van der Waals surface area contributed by atoms with Crippen LogP contribution < -0.4 is 5.32 Å². The molecule has 0 radical (unpaired) electrons. The Kier molecular flexibility index (Phi) is 6.46. The SMILES string of the molecule is COCC(C)NC(=O)CCC1CCCCC1. The minimum atomic E-state index is 0.129. The molecule has 0 aliphatic heterocycles. The molecule has 94 valence electrons. The van der Waals surface area contributed by atoms with E-state index in [2.05, 4.69) is 5.32 Å². The maximum atomic E-state index is 11.6. The van der Waals surface area contributed by atoms with Crippen LogP contribution in [0.1, 0.15) is 51.9 Å². The first-order valence-corrected chi connectivity index (χ1v) is 6.50. The Labute approximate surface area is 98.9 Å². The summed E-state index contributed by atoms with van der Waals surface area (Å²) in [5.41, 5.74) is 0. The van der Waals surface area contributed by atoms with Gasteiger partial charge >= 0.3 is 0 Å². The van der Waals surface area contributed by atoms with Crippen molar-refractivity contribution in [1.82, 2.24) is 5.32 Å². The molecule has 1 aliphatic rings. The molecule has 0 saturated heterocycles. The van der Waals surface area contributed by atoms with Crippen molar-refractivity contribution in [2.45, 2.75) is 57.9 Å². The topological polar surface area (TPSA) is 38.3 Å². The Balaban J connectivity index is 2.09. The van der Waals surface area contributed by atoms with Crippen LogP contribution in [0.3, 0.4) is 0 Å². The Morgan fingerprint density at radius 3 is 2.69 bits per heavy atom. The lowest BCUT2D eigenvalue weighted by Gasteiger charge is -2.21. The third kappa shape index (κ3) is 5.50. The molecule has 0 aromatic rings. The zero-order valence-corrected chi connectivity index (χ0v) is 10.6. The summed E-state index contributed by atoms with van der Waals surface area (Å²) >= 11 is 0. The van der Waals surface area contributed by atoms with Gasteiger partial charge in [0.15, 0.2) is 0 Å². The van der Waals surface area contributed by atoms with Gasteiger partial charge in [0, 0.05) is 19.6 Å². The van der Waals surface area contributed by atoms with E-state index in [-0.39, 0.29) is 11.9 Å². The first kappa shape index (κ1) is 13.5. The average molecular weight is 227 g/mol. The van der Waals surface area contributed by atoms with Crippen molar-refractivity contribution in [2.75, 3.05) is 13.7 Å². The standard InChI is InChI=1S/C13H25NO2/c1-11(10-16-2)14-13(15)9-8-12-6-4-3-5-7-12/h11-12H,3-10H2,1-2H3,(H,14,15). The summed E-state index contributed by atoms with van der Waals surface area (Å²) in [6.07, 6.45) is 8.47. The minimum Gasteiger partial charge on any atom is -0.383 e. The van der Waals surface area contributed by atoms with Crippen molar-refractivity contribution in [3.05, 3.63) is 0 Å². The summed E-state index contributed by atoms with van der Waals surface area (Å²) < 4.78 is 4.98. The van der Waals surface area contributed by atoms with E-state index >= 15 is 0 Å². The monoisotopic (exact) mass is 227 g/mol. The molecule has 3 nitrogen and oxygen atoms in total. The van der Waals surface area contributed by atoms with Crippen LogP contribution in [-0.4, -0.2) is 25.7 Å². The molecule has 0 bridgehead atoms. The lowest BCUT2D eigenvalue weighted by atomic mass is 9.86. The zero-order chi connectivity index (χ0) is 11.8. The lowest BCUT2D eigenvalue weighted by Crippen LogP contribution is -2.35. The van der Waals surface area contributed by atoms with Crippen LogP contribution in [0.25, 0.3) is 0 Å². The molecule has 0 aromatic carbocycles. The molecule has 1 fully saturated rings. The number of rotatable bonds is 6. The first-order chi connectivity index (χ1) is 7.72. The van der Waals surface area contributed by atoms with Crippen molar-refractivity contribution in [3.8, 4) is 0 Å². The molecule has 1 aliphatic carbocycles. The molecule has 1 rings (SSSR count). The minimum absolute atomic E-state index is 0.129. The van der Waals surface area contributed by atoms with Crippen molar-refractivity contribution in [2.24, 2.45) is 5.92 Å². The van der Waals surface area contributed by atoms with E-state index in [4.69, 9.17) is 4.74 Å². The van der Waals surface area contributed by atoms with Gasteiger partial charge in [0.1, 0.15) is 0 Å². The van der Waals surface area contributed by atoms with Gasteiger partial charge in [-0.05, 0) is 19.3 Å². The highest BCUT2D eigenvalue weighted by atomic mass is 16.5. The zero-order valence-electron chi connectivity index (χ0n) is 10.6. The molecular weight excluding hydrogens is 202 g/mol. The Bertz CT molecular complexity index is 200. The van der Waals surface area contributed by atoms with Crippen molar-refractivity contribution >= 4 is 5.91 Å². The van der Waals surface area contributed by atoms with Gasteiger partial charge in [-0.15, -0.1) is 0 Å². The summed E-state index contributed by atoms with van der Waals surface area (Å²) in [5.74, 6) is 0.965. The second-order valence-corrected chi connectivity index (χ2v) is 4.97. The van der Waals surface area contributed by atoms with Crippen LogP contribution in [0.4, 0.5) is 0 Å². The maximum Gasteiger partial charge on any atom is 0.220 e. The molecule has 1 saturated carbocycles. The van der Waals surface area contributed by atoms with Crippen LogP contribution >= 0.6 is 0 Å². The molecule has 1 amide bonds. The van der Waals surface area contributed by atoms with Crippen LogP contribution in [0.15, 0.2) is 0 Å². The van der Waals surface area contributed by atoms with E-state index < -0.39 is 0 Å². The van der Waals surface area contributed by atoms with E-state index in [9.17, 15) is 4.79 Å². The van der Waals surface area contributed by atoms with Gasteiger partial charge in [-0.2, -0.15) is 0 Å². The van der Waals surface area contributed by atoms with Gasteiger partial charge in [0.25, 0.3) is 0 Å². The van der Waals surface area contributed by atoms with E-state index in [0.717, 1.165) is 12.3 Å². The van der Waals surface area contributed by atoms with Gasteiger partial charge < -0.3 is 10.1 Å². The normalized spacial score (nSPS) is 19.4. The molecule has 0 heterocycles. The average Bonchev–Trinajstić information content (AvgIpc) is 2.28. The number of methoxy groups -OCH3 is 1. The van der Waals surface area contributed by atoms with E-state index in [1.165, 1.54) is 32.1 Å². The third-order valence-corrected chi connectivity index (χ3v) is 3.33. The van der Waals surface area contributed by atoms with Crippen LogP contribution in [0, 0.1) is 5.92 Å². The molecule has 16 heavy (non-hydrogen) atoms. The van der Waals surface area contributed by atoms with Crippen LogP contribution in [0.5, 0.6) is 0 Å². The summed E-state index contributed by atoms with van der Waals surface area (Å²) in [7, 11) is 1.66.